The molecule has 2 unspecified atom stereocenters. The first kappa shape index (κ1) is 24.2. The van der Waals surface area contributed by atoms with E-state index in [1.54, 1.807) is 12.3 Å². The van der Waals surface area contributed by atoms with Crippen LogP contribution in [0.15, 0.2) is 53.1 Å². The largest absolute Gasteiger partial charge is 0.439 e. The summed E-state index contributed by atoms with van der Waals surface area (Å²) in [7, 11) is -0.0103. The molecule has 2 aromatic heterocycles. The van der Waals surface area contributed by atoms with Crippen molar-refractivity contribution in [3.8, 4) is 11.3 Å². The standard InChI is InChI=1S/C25H33N5O3S/c1-17-11-20(17)16-29(3)22-12-19(13-23(28-22)30(4)34(5,31)32)21-15-27-24(33-21)25(2,26)14-18-9-7-6-8-10-18/h6-10,12-13,15,17,20H,11,14,16,26H2,1-5H3/t17?,20?,25-/m1/s1. The first-order valence-electron chi connectivity index (χ1n) is 11.4. The molecule has 1 aliphatic carbocycles. The summed E-state index contributed by atoms with van der Waals surface area (Å²) in [4.78, 5) is 11.2. The molecule has 0 saturated heterocycles. The van der Waals surface area contributed by atoms with Gasteiger partial charge in [0.05, 0.1) is 18.0 Å². The van der Waals surface area contributed by atoms with Gasteiger partial charge in [0.25, 0.3) is 0 Å². The fraction of sp³-hybridized carbons (Fsp3) is 0.440. The van der Waals surface area contributed by atoms with E-state index < -0.39 is 15.6 Å². The molecule has 0 bridgehead atoms. The van der Waals surface area contributed by atoms with Crippen molar-refractivity contribution in [3.63, 3.8) is 0 Å². The van der Waals surface area contributed by atoms with Crippen molar-refractivity contribution in [1.82, 2.24) is 9.97 Å². The number of benzene rings is 1. The predicted molar refractivity (Wildman–Crippen MR) is 135 cm³/mol. The molecule has 1 saturated carbocycles. The lowest BCUT2D eigenvalue weighted by atomic mass is 9.94. The van der Waals surface area contributed by atoms with E-state index >= 15 is 0 Å². The van der Waals surface area contributed by atoms with Crippen molar-refractivity contribution in [1.29, 1.82) is 0 Å². The van der Waals surface area contributed by atoms with Gasteiger partial charge in [-0.1, -0.05) is 37.3 Å². The highest BCUT2D eigenvalue weighted by atomic mass is 32.2. The summed E-state index contributed by atoms with van der Waals surface area (Å²) in [5.41, 5.74) is 7.56. The van der Waals surface area contributed by atoms with Gasteiger partial charge in [-0.3, -0.25) is 4.31 Å². The topological polar surface area (TPSA) is 106 Å². The molecule has 0 amide bonds. The van der Waals surface area contributed by atoms with Gasteiger partial charge in [0.15, 0.2) is 5.76 Å². The van der Waals surface area contributed by atoms with Gasteiger partial charge < -0.3 is 15.1 Å². The maximum Gasteiger partial charge on any atom is 0.233 e. The van der Waals surface area contributed by atoms with Crippen LogP contribution >= 0.6 is 0 Å². The molecule has 1 aliphatic rings. The number of pyridine rings is 1. The third-order valence-electron chi connectivity index (χ3n) is 6.49. The van der Waals surface area contributed by atoms with Crippen molar-refractivity contribution in [2.75, 3.05) is 36.1 Å². The highest BCUT2D eigenvalue weighted by Crippen LogP contribution is 2.39. The average molecular weight is 484 g/mol. The molecule has 0 radical (unpaired) electrons. The quantitative estimate of drug-likeness (QED) is 0.495. The number of anilines is 2. The van der Waals surface area contributed by atoms with Gasteiger partial charge in [0.2, 0.25) is 15.9 Å². The van der Waals surface area contributed by atoms with Gasteiger partial charge in [-0.15, -0.1) is 0 Å². The molecule has 34 heavy (non-hydrogen) atoms. The predicted octanol–water partition coefficient (Wildman–Crippen LogP) is 3.64. The summed E-state index contributed by atoms with van der Waals surface area (Å²) >= 11 is 0. The number of hydrogen-bond donors (Lipinski definition) is 1. The van der Waals surface area contributed by atoms with Crippen LogP contribution in [0.1, 0.15) is 31.7 Å². The summed E-state index contributed by atoms with van der Waals surface area (Å²) < 4.78 is 31.7. The van der Waals surface area contributed by atoms with E-state index in [2.05, 4.69) is 21.8 Å². The van der Waals surface area contributed by atoms with E-state index in [0.29, 0.717) is 47.1 Å². The molecule has 4 rings (SSSR count). The molecular formula is C25H33N5O3S. The number of hydrogen-bond acceptors (Lipinski definition) is 7. The van der Waals surface area contributed by atoms with Crippen LogP contribution in [-0.4, -0.2) is 45.3 Å². The normalized spacial score (nSPS) is 19.5. The Labute approximate surface area is 201 Å². The van der Waals surface area contributed by atoms with E-state index in [1.807, 2.05) is 50.4 Å². The fourth-order valence-corrected chi connectivity index (χ4v) is 4.47. The Hall–Kier alpha value is -2.91. The van der Waals surface area contributed by atoms with Gasteiger partial charge in [0.1, 0.15) is 11.6 Å². The minimum absolute atomic E-state index is 0.323. The van der Waals surface area contributed by atoms with E-state index in [4.69, 9.17) is 10.2 Å². The second-order valence-electron chi connectivity index (χ2n) is 9.77. The van der Waals surface area contributed by atoms with Crippen LogP contribution in [0.25, 0.3) is 11.3 Å². The highest BCUT2D eigenvalue weighted by molar-refractivity contribution is 7.92. The van der Waals surface area contributed by atoms with E-state index in [9.17, 15) is 8.42 Å². The number of aromatic nitrogens is 2. The maximum absolute atomic E-state index is 12.2. The van der Waals surface area contributed by atoms with Crippen LogP contribution in [0.2, 0.25) is 0 Å². The minimum atomic E-state index is -3.48. The third kappa shape index (κ3) is 5.42. The first-order valence-corrected chi connectivity index (χ1v) is 13.3. The van der Waals surface area contributed by atoms with Crippen LogP contribution in [0.4, 0.5) is 11.6 Å². The first-order chi connectivity index (χ1) is 15.9. The van der Waals surface area contributed by atoms with Crippen LogP contribution in [0, 0.1) is 11.8 Å². The molecule has 0 aliphatic heterocycles. The van der Waals surface area contributed by atoms with Crippen molar-refractivity contribution in [2.24, 2.45) is 17.6 Å². The number of nitrogens with zero attached hydrogens (tertiary/aromatic N) is 4. The third-order valence-corrected chi connectivity index (χ3v) is 7.67. The summed E-state index contributed by atoms with van der Waals surface area (Å²) in [5, 5.41) is 0. The lowest BCUT2D eigenvalue weighted by Crippen LogP contribution is -2.35. The maximum atomic E-state index is 12.2. The Kier molecular flexibility index (Phi) is 6.44. The van der Waals surface area contributed by atoms with Crippen LogP contribution in [0.5, 0.6) is 0 Å². The molecule has 2 N–H and O–H groups in total. The molecule has 3 aromatic rings. The molecule has 1 aromatic carbocycles. The zero-order valence-electron chi connectivity index (χ0n) is 20.4. The van der Waals surface area contributed by atoms with Crippen molar-refractivity contribution >= 4 is 21.7 Å². The van der Waals surface area contributed by atoms with Gasteiger partial charge >= 0.3 is 0 Å². The van der Waals surface area contributed by atoms with Gasteiger partial charge in [0, 0.05) is 26.2 Å². The van der Waals surface area contributed by atoms with Crippen molar-refractivity contribution < 1.29 is 12.8 Å². The van der Waals surface area contributed by atoms with Crippen molar-refractivity contribution in [2.45, 2.75) is 32.2 Å². The van der Waals surface area contributed by atoms with Gasteiger partial charge in [-0.25, -0.2) is 18.4 Å². The summed E-state index contributed by atoms with van der Waals surface area (Å²) in [6.45, 7) is 4.99. The Bertz CT molecular complexity index is 1260. The Morgan fingerprint density at radius 1 is 1.18 bits per heavy atom. The SMILES string of the molecule is CC1CC1CN(C)c1cc(-c2cnc([C@](C)(N)Cc3ccccc3)o2)cc(N(C)S(C)(=O)=O)n1. The molecule has 3 atom stereocenters. The van der Waals surface area contributed by atoms with Crippen LogP contribution < -0.4 is 14.9 Å². The van der Waals surface area contributed by atoms with E-state index in [0.717, 1.165) is 18.4 Å². The smallest absolute Gasteiger partial charge is 0.233 e. The van der Waals surface area contributed by atoms with E-state index in [-0.39, 0.29) is 0 Å². The monoisotopic (exact) mass is 483 g/mol. The Morgan fingerprint density at radius 2 is 1.82 bits per heavy atom. The van der Waals surface area contributed by atoms with E-state index in [1.165, 1.54) is 17.8 Å². The number of rotatable bonds is 9. The zero-order valence-corrected chi connectivity index (χ0v) is 21.2. The van der Waals surface area contributed by atoms with Gasteiger partial charge in [-0.05, 0) is 49.3 Å². The molecule has 0 spiro atoms. The Morgan fingerprint density at radius 3 is 2.44 bits per heavy atom. The molecule has 1 fully saturated rings. The average Bonchev–Trinajstić information content (AvgIpc) is 3.25. The lowest BCUT2D eigenvalue weighted by Gasteiger charge is -2.23. The van der Waals surface area contributed by atoms with Crippen LogP contribution in [0.3, 0.4) is 0 Å². The number of oxazole rings is 1. The highest BCUT2D eigenvalue weighted by Gasteiger charge is 2.34. The molecule has 9 heteroatoms. The van der Waals surface area contributed by atoms with Crippen LogP contribution in [-0.2, 0) is 22.0 Å². The summed E-state index contributed by atoms with van der Waals surface area (Å²) in [5.74, 6) is 3.26. The fourth-order valence-electron chi connectivity index (χ4n) is 4.04. The molecular weight excluding hydrogens is 450 g/mol. The minimum Gasteiger partial charge on any atom is -0.439 e. The summed E-state index contributed by atoms with van der Waals surface area (Å²) in [6.07, 6.45) is 4.56. The second kappa shape index (κ2) is 9.03. The molecule has 2 heterocycles. The molecule has 8 nitrogen and oxygen atoms in total. The van der Waals surface area contributed by atoms with Gasteiger partial charge in [-0.2, -0.15) is 0 Å². The number of sulfonamides is 1. The second-order valence-corrected chi connectivity index (χ2v) is 11.8. The summed E-state index contributed by atoms with van der Waals surface area (Å²) in [6, 6.07) is 13.6. The Balaban J connectivity index is 1.67. The zero-order chi connectivity index (χ0) is 24.7. The molecule has 182 valence electrons. The lowest BCUT2D eigenvalue weighted by molar-refractivity contribution is 0.355. The number of nitrogens with two attached hydrogens (primary N) is 1. The van der Waals surface area contributed by atoms with Crippen molar-refractivity contribution in [3.05, 3.63) is 60.1 Å².